The molecule has 0 unspecified atom stereocenters. The van der Waals surface area contributed by atoms with Crippen molar-refractivity contribution in [3.63, 3.8) is 0 Å². The maximum Gasteiger partial charge on any atom is 0.0344 e. The number of aromatic nitrogens is 1. The van der Waals surface area contributed by atoms with Gasteiger partial charge in [0.1, 0.15) is 0 Å². The van der Waals surface area contributed by atoms with E-state index in [9.17, 15) is 0 Å². The van der Waals surface area contributed by atoms with E-state index < -0.39 is 0 Å². The Bertz CT molecular complexity index is 197. The van der Waals surface area contributed by atoms with Crippen LogP contribution in [0.25, 0.3) is 0 Å². The van der Waals surface area contributed by atoms with E-state index in [1.165, 1.54) is 0 Å². The number of nitrogens with one attached hydrogen (secondary N) is 2. The molecule has 1 aliphatic heterocycles. The van der Waals surface area contributed by atoms with Gasteiger partial charge in [-0.2, -0.15) is 0 Å². The molecule has 1 aromatic rings. The molecule has 0 bridgehead atoms. The molecule has 4 heteroatoms. The Morgan fingerprint density at radius 1 is 1.00 bits per heavy atom. The van der Waals surface area contributed by atoms with Gasteiger partial charge in [-0.15, -0.1) is 0 Å². The van der Waals surface area contributed by atoms with Crippen molar-refractivity contribution in [1.82, 2.24) is 15.6 Å². The zero-order valence-corrected chi connectivity index (χ0v) is 7.66. The van der Waals surface area contributed by atoms with E-state index in [1.807, 2.05) is 0 Å². The molecule has 0 aromatic carbocycles. The molecular formula is C9H16N4. The average molecular weight is 180 g/mol. The molecule has 0 amide bonds. The van der Waals surface area contributed by atoms with Crippen LogP contribution in [0.4, 0.5) is 5.69 Å². The van der Waals surface area contributed by atoms with Crippen LogP contribution < -0.4 is 16.4 Å². The van der Waals surface area contributed by atoms with Gasteiger partial charge in [-0.05, 0) is 12.1 Å². The number of nitrogens with zero attached hydrogens (tertiary/aromatic N) is 1. The fourth-order valence-corrected chi connectivity index (χ4v) is 0.967. The quantitative estimate of drug-likeness (QED) is 0.519. The monoisotopic (exact) mass is 180 g/mol. The third-order valence-corrected chi connectivity index (χ3v) is 1.66. The molecule has 13 heavy (non-hydrogen) atoms. The molecule has 0 spiro atoms. The molecule has 1 aliphatic rings. The predicted molar refractivity (Wildman–Crippen MR) is 54.4 cm³/mol. The first-order valence-corrected chi connectivity index (χ1v) is 4.46. The van der Waals surface area contributed by atoms with E-state index >= 15 is 0 Å². The van der Waals surface area contributed by atoms with Gasteiger partial charge in [0.15, 0.2) is 0 Å². The van der Waals surface area contributed by atoms with Crippen molar-refractivity contribution in [2.45, 2.75) is 0 Å². The van der Waals surface area contributed by atoms with Crippen molar-refractivity contribution in [2.24, 2.45) is 0 Å². The number of pyridine rings is 1. The molecule has 2 heterocycles. The molecule has 1 saturated heterocycles. The molecule has 0 aliphatic carbocycles. The minimum atomic E-state index is 0.759. The molecule has 0 saturated carbocycles. The fourth-order valence-electron chi connectivity index (χ4n) is 0.967. The SMILES string of the molecule is C1CNCCN1.Nc1ccncc1. The van der Waals surface area contributed by atoms with E-state index in [-0.39, 0.29) is 0 Å². The molecule has 1 aromatic heterocycles. The lowest BCUT2D eigenvalue weighted by molar-refractivity contribution is 0.534. The first-order valence-electron chi connectivity index (χ1n) is 4.46. The summed E-state index contributed by atoms with van der Waals surface area (Å²) in [6, 6.07) is 3.50. The van der Waals surface area contributed by atoms with Crippen molar-refractivity contribution >= 4 is 5.69 Å². The molecular weight excluding hydrogens is 164 g/mol. The number of hydrogen-bond donors (Lipinski definition) is 3. The zero-order valence-electron chi connectivity index (χ0n) is 7.66. The van der Waals surface area contributed by atoms with Gasteiger partial charge in [0.25, 0.3) is 0 Å². The predicted octanol–water partition coefficient (Wildman–Crippen LogP) is -0.157. The highest BCUT2D eigenvalue weighted by molar-refractivity contribution is 5.33. The lowest BCUT2D eigenvalue weighted by Gasteiger charge is -2.11. The van der Waals surface area contributed by atoms with Crippen LogP contribution in [-0.4, -0.2) is 31.2 Å². The second kappa shape index (κ2) is 6.39. The van der Waals surface area contributed by atoms with Gasteiger partial charge in [-0.3, -0.25) is 4.98 Å². The minimum absolute atomic E-state index is 0.759. The summed E-state index contributed by atoms with van der Waals surface area (Å²) in [6.07, 6.45) is 3.32. The maximum atomic E-state index is 5.32. The van der Waals surface area contributed by atoms with E-state index in [0.29, 0.717) is 0 Å². The second-order valence-corrected chi connectivity index (χ2v) is 2.78. The third-order valence-electron chi connectivity index (χ3n) is 1.66. The topological polar surface area (TPSA) is 63.0 Å². The van der Waals surface area contributed by atoms with Gasteiger partial charge in [-0.25, -0.2) is 0 Å². The minimum Gasteiger partial charge on any atom is -0.399 e. The summed E-state index contributed by atoms with van der Waals surface area (Å²) in [4.78, 5) is 3.77. The lowest BCUT2D eigenvalue weighted by atomic mass is 10.4. The van der Waals surface area contributed by atoms with Gasteiger partial charge in [0, 0.05) is 44.3 Å². The van der Waals surface area contributed by atoms with Crippen molar-refractivity contribution < 1.29 is 0 Å². The van der Waals surface area contributed by atoms with Gasteiger partial charge in [-0.1, -0.05) is 0 Å². The van der Waals surface area contributed by atoms with E-state index in [4.69, 9.17) is 5.73 Å². The Balaban J connectivity index is 0.000000132. The van der Waals surface area contributed by atoms with Crippen LogP contribution in [0.3, 0.4) is 0 Å². The van der Waals surface area contributed by atoms with Gasteiger partial charge in [0.2, 0.25) is 0 Å². The van der Waals surface area contributed by atoms with Crippen molar-refractivity contribution in [1.29, 1.82) is 0 Å². The van der Waals surface area contributed by atoms with Crippen LogP contribution in [0.5, 0.6) is 0 Å². The smallest absolute Gasteiger partial charge is 0.0344 e. The number of nitrogen functional groups attached to an aromatic ring is 1. The van der Waals surface area contributed by atoms with Gasteiger partial charge >= 0.3 is 0 Å². The number of piperazine rings is 1. The molecule has 0 atom stereocenters. The zero-order chi connectivity index (χ0) is 9.36. The van der Waals surface area contributed by atoms with Crippen LogP contribution in [0.15, 0.2) is 24.5 Å². The summed E-state index contributed by atoms with van der Waals surface area (Å²) in [5, 5.41) is 6.44. The van der Waals surface area contributed by atoms with E-state index in [0.717, 1.165) is 31.9 Å². The number of anilines is 1. The van der Waals surface area contributed by atoms with Crippen LogP contribution in [-0.2, 0) is 0 Å². The highest BCUT2D eigenvalue weighted by Gasteiger charge is 1.91. The first-order chi connectivity index (χ1) is 6.39. The fraction of sp³-hybridized carbons (Fsp3) is 0.444. The lowest BCUT2D eigenvalue weighted by Crippen LogP contribution is -2.39. The van der Waals surface area contributed by atoms with Crippen LogP contribution in [0.1, 0.15) is 0 Å². The summed E-state index contributed by atoms with van der Waals surface area (Å²) < 4.78 is 0. The number of hydrogen-bond acceptors (Lipinski definition) is 4. The van der Waals surface area contributed by atoms with Crippen molar-refractivity contribution in [2.75, 3.05) is 31.9 Å². The van der Waals surface area contributed by atoms with E-state index in [1.54, 1.807) is 24.5 Å². The number of nitrogens with two attached hydrogens (primary N) is 1. The highest BCUT2D eigenvalue weighted by atomic mass is 15.0. The summed E-state index contributed by atoms with van der Waals surface area (Å²) in [7, 11) is 0. The van der Waals surface area contributed by atoms with Gasteiger partial charge in [0.05, 0.1) is 0 Å². The third kappa shape index (κ3) is 5.16. The molecule has 2 rings (SSSR count). The molecule has 0 radical (unpaired) electrons. The summed E-state index contributed by atoms with van der Waals surface area (Å²) in [5.41, 5.74) is 6.08. The molecule has 4 nitrogen and oxygen atoms in total. The Morgan fingerprint density at radius 2 is 1.46 bits per heavy atom. The van der Waals surface area contributed by atoms with Crippen LogP contribution >= 0.6 is 0 Å². The Labute approximate surface area is 78.6 Å². The first kappa shape index (κ1) is 9.95. The second-order valence-electron chi connectivity index (χ2n) is 2.78. The van der Waals surface area contributed by atoms with Gasteiger partial charge < -0.3 is 16.4 Å². The molecule has 4 N–H and O–H groups in total. The highest BCUT2D eigenvalue weighted by Crippen LogP contribution is 1.92. The molecule has 72 valence electrons. The van der Waals surface area contributed by atoms with Crippen molar-refractivity contribution in [3.8, 4) is 0 Å². The van der Waals surface area contributed by atoms with Crippen LogP contribution in [0.2, 0.25) is 0 Å². The summed E-state index contributed by atoms with van der Waals surface area (Å²) in [6.45, 7) is 4.56. The Kier molecular flexibility index (Phi) is 4.90. The number of rotatable bonds is 0. The van der Waals surface area contributed by atoms with Crippen LogP contribution in [0, 0.1) is 0 Å². The Hall–Kier alpha value is -1.13. The summed E-state index contributed by atoms with van der Waals surface area (Å²) in [5.74, 6) is 0. The normalized spacial score (nSPS) is 15.7. The molecule has 1 fully saturated rings. The largest absolute Gasteiger partial charge is 0.399 e. The van der Waals surface area contributed by atoms with Crippen molar-refractivity contribution in [3.05, 3.63) is 24.5 Å². The summed E-state index contributed by atoms with van der Waals surface area (Å²) >= 11 is 0. The average Bonchev–Trinajstić information content (AvgIpc) is 2.22. The Morgan fingerprint density at radius 3 is 1.69 bits per heavy atom. The standard InChI is InChI=1S/C5H6N2.C4H10N2/c6-5-1-3-7-4-2-5;1-2-6-4-3-5-1/h1-4H,(H2,6,7);5-6H,1-4H2. The maximum absolute atomic E-state index is 5.32. The van der Waals surface area contributed by atoms with E-state index in [2.05, 4.69) is 15.6 Å².